The topological polar surface area (TPSA) is 29.5 Å². The minimum absolute atomic E-state index is 0.0611. The summed E-state index contributed by atoms with van der Waals surface area (Å²) >= 11 is 6.37. The predicted octanol–water partition coefficient (Wildman–Crippen LogP) is 4.77. The number of hydrogen-bond donors (Lipinski definition) is 1. The van der Waals surface area contributed by atoms with Gasteiger partial charge in [0.25, 0.3) is 0 Å². The highest BCUT2D eigenvalue weighted by Crippen LogP contribution is 2.32. The van der Waals surface area contributed by atoms with Crippen molar-refractivity contribution in [3.05, 3.63) is 62.0 Å². The maximum atomic E-state index is 13.5. The van der Waals surface area contributed by atoms with Crippen molar-refractivity contribution in [3.63, 3.8) is 0 Å². The van der Waals surface area contributed by atoms with Crippen molar-refractivity contribution in [2.75, 3.05) is 7.11 Å². The summed E-state index contributed by atoms with van der Waals surface area (Å²) < 4.78 is 32.5. The Bertz CT molecular complexity index is 662. The first kappa shape index (κ1) is 16.4. The van der Waals surface area contributed by atoms with Gasteiger partial charge in [-0.05, 0) is 51.3 Å². The maximum absolute atomic E-state index is 13.5. The molecule has 112 valence electrons. The number of methoxy groups -OCH3 is 1. The SMILES string of the molecule is COc1ccc(Br)c(CC(O)c2ccc(F)c(F)c2Br)c1. The molecule has 0 aliphatic heterocycles. The number of ether oxygens (including phenoxy) is 1. The van der Waals surface area contributed by atoms with Gasteiger partial charge in [-0.15, -0.1) is 0 Å². The van der Waals surface area contributed by atoms with E-state index >= 15 is 0 Å². The van der Waals surface area contributed by atoms with Crippen LogP contribution in [0.2, 0.25) is 0 Å². The molecule has 6 heteroatoms. The molecular formula is C15H12Br2F2O2. The van der Waals surface area contributed by atoms with E-state index in [2.05, 4.69) is 31.9 Å². The Hall–Kier alpha value is -0.980. The molecule has 0 fully saturated rings. The van der Waals surface area contributed by atoms with Crippen LogP contribution in [0.4, 0.5) is 8.78 Å². The Morgan fingerprint density at radius 1 is 1.19 bits per heavy atom. The fourth-order valence-corrected chi connectivity index (χ4v) is 2.95. The van der Waals surface area contributed by atoms with E-state index in [1.807, 2.05) is 0 Å². The lowest BCUT2D eigenvalue weighted by atomic mass is 10.0. The first-order valence-corrected chi connectivity index (χ1v) is 7.66. The van der Waals surface area contributed by atoms with Gasteiger partial charge in [0, 0.05) is 10.9 Å². The van der Waals surface area contributed by atoms with Crippen LogP contribution in [0.1, 0.15) is 17.2 Å². The molecule has 21 heavy (non-hydrogen) atoms. The molecule has 0 saturated heterocycles. The quantitative estimate of drug-likeness (QED) is 0.720. The Labute approximate surface area is 138 Å². The minimum Gasteiger partial charge on any atom is -0.497 e. The number of aliphatic hydroxyl groups is 1. The van der Waals surface area contributed by atoms with Gasteiger partial charge in [0.05, 0.1) is 17.7 Å². The summed E-state index contributed by atoms with van der Waals surface area (Å²) in [6, 6.07) is 7.73. The van der Waals surface area contributed by atoms with Crippen LogP contribution in [0.25, 0.3) is 0 Å². The van der Waals surface area contributed by atoms with Crippen molar-refractivity contribution in [1.82, 2.24) is 0 Å². The third-order valence-electron chi connectivity index (χ3n) is 3.09. The van der Waals surface area contributed by atoms with Gasteiger partial charge in [0.15, 0.2) is 11.6 Å². The number of rotatable bonds is 4. The van der Waals surface area contributed by atoms with E-state index in [0.29, 0.717) is 11.3 Å². The Morgan fingerprint density at radius 3 is 2.57 bits per heavy atom. The third kappa shape index (κ3) is 3.62. The number of halogens is 4. The Morgan fingerprint density at radius 2 is 1.90 bits per heavy atom. The Kier molecular flexibility index (Phi) is 5.35. The number of hydrogen-bond acceptors (Lipinski definition) is 2. The first-order valence-electron chi connectivity index (χ1n) is 6.08. The molecule has 1 atom stereocenters. The molecule has 0 aliphatic carbocycles. The second-order valence-corrected chi connectivity index (χ2v) is 6.09. The molecule has 2 aromatic carbocycles. The van der Waals surface area contributed by atoms with Crippen LogP contribution in [-0.2, 0) is 6.42 Å². The molecule has 0 aromatic heterocycles. The van der Waals surface area contributed by atoms with Crippen LogP contribution >= 0.6 is 31.9 Å². The lowest BCUT2D eigenvalue weighted by Crippen LogP contribution is -2.05. The second-order valence-electron chi connectivity index (χ2n) is 4.44. The van der Waals surface area contributed by atoms with Crippen LogP contribution in [-0.4, -0.2) is 12.2 Å². The van der Waals surface area contributed by atoms with E-state index in [4.69, 9.17) is 4.74 Å². The van der Waals surface area contributed by atoms with E-state index in [-0.39, 0.29) is 10.9 Å². The summed E-state index contributed by atoms with van der Waals surface area (Å²) in [6.45, 7) is 0. The average molecular weight is 422 g/mol. The van der Waals surface area contributed by atoms with Crippen molar-refractivity contribution in [1.29, 1.82) is 0 Å². The maximum Gasteiger partial charge on any atom is 0.173 e. The van der Waals surface area contributed by atoms with Gasteiger partial charge < -0.3 is 9.84 Å². The zero-order valence-corrected chi connectivity index (χ0v) is 14.2. The molecule has 2 aromatic rings. The molecular weight excluding hydrogens is 410 g/mol. The Balaban J connectivity index is 2.30. The molecule has 1 N–H and O–H groups in total. The van der Waals surface area contributed by atoms with Gasteiger partial charge in [-0.25, -0.2) is 8.78 Å². The van der Waals surface area contributed by atoms with Crippen LogP contribution in [0.3, 0.4) is 0 Å². The predicted molar refractivity (Wildman–Crippen MR) is 83.4 cm³/mol. The summed E-state index contributed by atoms with van der Waals surface area (Å²) in [5, 5.41) is 10.3. The highest BCUT2D eigenvalue weighted by Gasteiger charge is 2.18. The van der Waals surface area contributed by atoms with Crippen molar-refractivity contribution < 1.29 is 18.6 Å². The lowest BCUT2D eigenvalue weighted by molar-refractivity contribution is 0.176. The zero-order chi connectivity index (χ0) is 15.6. The molecule has 0 bridgehead atoms. The molecule has 0 spiro atoms. The van der Waals surface area contributed by atoms with Gasteiger partial charge in [0.1, 0.15) is 5.75 Å². The normalized spacial score (nSPS) is 12.3. The van der Waals surface area contributed by atoms with Gasteiger partial charge in [-0.3, -0.25) is 0 Å². The summed E-state index contributed by atoms with van der Waals surface area (Å²) in [4.78, 5) is 0. The van der Waals surface area contributed by atoms with Crippen LogP contribution < -0.4 is 4.74 Å². The summed E-state index contributed by atoms with van der Waals surface area (Å²) in [7, 11) is 1.55. The van der Waals surface area contributed by atoms with Crippen LogP contribution in [0.5, 0.6) is 5.75 Å². The largest absolute Gasteiger partial charge is 0.497 e. The average Bonchev–Trinajstić information content (AvgIpc) is 2.47. The van der Waals surface area contributed by atoms with Crippen LogP contribution in [0, 0.1) is 11.6 Å². The fraction of sp³-hybridized carbons (Fsp3) is 0.200. The summed E-state index contributed by atoms with van der Waals surface area (Å²) in [6.07, 6.45) is -0.737. The van der Waals surface area contributed by atoms with E-state index in [1.54, 1.807) is 25.3 Å². The van der Waals surface area contributed by atoms with E-state index in [1.165, 1.54) is 6.07 Å². The molecule has 0 heterocycles. The monoisotopic (exact) mass is 420 g/mol. The molecule has 2 nitrogen and oxygen atoms in total. The summed E-state index contributed by atoms with van der Waals surface area (Å²) in [5.41, 5.74) is 1.10. The van der Waals surface area contributed by atoms with Crippen molar-refractivity contribution in [2.45, 2.75) is 12.5 Å². The standard InChI is InChI=1S/C15H12Br2F2O2/c1-21-9-2-4-11(16)8(6-9)7-13(20)10-3-5-12(18)15(19)14(10)17/h2-6,13,20H,7H2,1H3. The van der Waals surface area contributed by atoms with Gasteiger partial charge in [0.2, 0.25) is 0 Å². The van der Waals surface area contributed by atoms with Crippen molar-refractivity contribution in [3.8, 4) is 5.75 Å². The number of benzene rings is 2. The van der Waals surface area contributed by atoms with Crippen LogP contribution in [0.15, 0.2) is 39.3 Å². The second kappa shape index (κ2) is 6.85. The van der Waals surface area contributed by atoms with Crippen molar-refractivity contribution >= 4 is 31.9 Å². The highest BCUT2D eigenvalue weighted by atomic mass is 79.9. The molecule has 1 unspecified atom stereocenters. The smallest absolute Gasteiger partial charge is 0.173 e. The minimum atomic E-state index is -1.00. The van der Waals surface area contributed by atoms with Gasteiger partial charge in [-0.2, -0.15) is 0 Å². The zero-order valence-electron chi connectivity index (χ0n) is 11.0. The highest BCUT2D eigenvalue weighted by molar-refractivity contribution is 9.10. The van der Waals surface area contributed by atoms with E-state index in [9.17, 15) is 13.9 Å². The van der Waals surface area contributed by atoms with Crippen molar-refractivity contribution in [2.24, 2.45) is 0 Å². The summed E-state index contributed by atoms with van der Waals surface area (Å²) in [5.74, 6) is -1.30. The first-order chi connectivity index (χ1) is 9.93. The third-order valence-corrected chi connectivity index (χ3v) is 4.67. The lowest BCUT2D eigenvalue weighted by Gasteiger charge is -2.15. The molecule has 2 rings (SSSR count). The van der Waals surface area contributed by atoms with Gasteiger partial charge >= 0.3 is 0 Å². The molecule has 0 saturated carbocycles. The molecule has 0 radical (unpaired) electrons. The number of aliphatic hydroxyl groups excluding tert-OH is 1. The van der Waals surface area contributed by atoms with E-state index in [0.717, 1.165) is 16.1 Å². The molecule has 0 amide bonds. The van der Waals surface area contributed by atoms with E-state index < -0.39 is 17.7 Å². The molecule has 0 aliphatic rings. The van der Waals surface area contributed by atoms with Gasteiger partial charge in [-0.1, -0.05) is 22.0 Å². The fourth-order valence-electron chi connectivity index (χ4n) is 1.95.